The minimum absolute atomic E-state index is 0.0385. The van der Waals surface area contributed by atoms with E-state index in [2.05, 4.69) is 39.3 Å². The number of carbonyl (C=O) groups excluding carboxylic acids is 2. The Hall–Kier alpha value is -4.92. The van der Waals surface area contributed by atoms with Gasteiger partial charge in [0.15, 0.2) is 5.65 Å². The van der Waals surface area contributed by atoms with Crippen LogP contribution in [-0.2, 0) is 4.79 Å². The fourth-order valence-electron chi connectivity index (χ4n) is 4.82. The summed E-state index contributed by atoms with van der Waals surface area (Å²) in [5.74, 6) is 0.402. The first-order valence-electron chi connectivity index (χ1n) is 12.1. The van der Waals surface area contributed by atoms with Gasteiger partial charge in [-0.05, 0) is 48.9 Å². The van der Waals surface area contributed by atoms with E-state index < -0.39 is 0 Å². The van der Waals surface area contributed by atoms with Gasteiger partial charge in [0, 0.05) is 71.0 Å². The van der Waals surface area contributed by atoms with Gasteiger partial charge in [0.05, 0.1) is 0 Å². The Balaban J connectivity index is 1.19. The summed E-state index contributed by atoms with van der Waals surface area (Å²) in [4.78, 5) is 34.3. The molecule has 1 fully saturated rings. The van der Waals surface area contributed by atoms with Gasteiger partial charge in [0.25, 0.3) is 5.91 Å². The van der Waals surface area contributed by atoms with Gasteiger partial charge in [-0.2, -0.15) is 0 Å². The third-order valence-electron chi connectivity index (χ3n) is 6.65. The summed E-state index contributed by atoms with van der Waals surface area (Å²) < 4.78 is 1.78. The van der Waals surface area contributed by atoms with Gasteiger partial charge in [-0.15, -0.1) is 5.10 Å². The summed E-state index contributed by atoms with van der Waals surface area (Å²) in [6.45, 7) is 4.66. The second kappa shape index (κ2) is 9.27. The number of benzene rings is 2. The van der Waals surface area contributed by atoms with E-state index in [-0.39, 0.29) is 17.9 Å². The SMILES string of the molecule is C=CC(=O)Nc1ccc(C(=O)N2CC[C@@H](Nc3cc(-c4c[nH]c5ccccc45)c4nccn4n3)C2)cc1. The van der Waals surface area contributed by atoms with Crippen molar-refractivity contribution in [2.75, 3.05) is 23.7 Å². The first kappa shape index (κ1) is 22.5. The molecule has 37 heavy (non-hydrogen) atoms. The number of H-pyrrole nitrogens is 1. The quantitative estimate of drug-likeness (QED) is 0.307. The highest BCUT2D eigenvalue weighted by molar-refractivity contribution is 6.00. The maximum absolute atomic E-state index is 13.1. The van der Waals surface area contributed by atoms with E-state index in [1.54, 1.807) is 35.0 Å². The van der Waals surface area contributed by atoms with Gasteiger partial charge in [0.2, 0.25) is 5.91 Å². The molecule has 5 aromatic rings. The number of rotatable bonds is 6. The molecule has 4 heterocycles. The summed E-state index contributed by atoms with van der Waals surface area (Å²) in [6.07, 6.45) is 7.60. The molecule has 2 amide bonds. The lowest BCUT2D eigenvalue weighted by Crippen LogP contribution is -2.31. The number of likely N-dealkylation sites (tertiary alicyclic amines) is 1. The molecule has 1 aliphatic heterocycles. The first-order chi connectivity index (χ1) is 18.1. The molecule has 0 radical (unpaired) electrons. The minimum Gasteiger partial charge on any atom is -0.364 e. The molecule has 1 aliphatic rings. The van der Waals surface area contributed by atoms with E-state index in [9.17, 15) is 9.59 Å². The topological polar surface area (TPSA) is 107 Å². The monoisotopic (exact) mass is 491 g/mol. The Morgan fingerprint density at radius 3 is 2.78 bits per heavy atom. The standard InChI is InChI=1S/C28H25N7O2/c1-2-26(36)32-19-9-7-18(8-10-19)28(37)34-13-11-20(17-34)31-25-15-22(27-29-12-14-35(27)33-25)23-16-30-24-6-4-3-5-21(23)24/h2-10,12,14-16,20,30H,1,11,13,17H2,(H,31,33)(H,32,36)/t20-/m1/s1. The van der Waals surface area contributed by atoms with Crippen LogP contribution in [0.15, 0.2) is 85.8 Å². The fourth-order valence-corrected chi connectivity index (χ4v) is 4.82. The number of anilines is 2. The van der Waals surface area contributed by atoms with Crippen LogP contribution in [0.4, 0.5) is 11.5 Å². The van der Waals surface area contributed by atoms with Crippen LogP contribution in [-0.4, -0.2) is 55.4 Å². The number of imidazole rings is 1. The van der Waals surface area contributed by atoms with Gasteiger partial charge in [-0.25, -0.2) is 9.50 Å². The van der Waals surface area contributed by atoms with Crippen molar-refractivity contribution in [3.63, 3.8) is 0 Å². The highest BCUT2D eigenvalue weighted by atomic mass is 16.2. The number of aromatic amines is 1. The van der Waals surface area contributed by atoms with E-state index in [0.29, 0.717) is 24.3 Å². The van der Waals surface area contributed by atoms with Crippen molar-refractivity contribution in [2.45, 2.75) is 12.5 Å². The van der Waals surface area contributed by atoms with Gasteiger partial charge in [-0.3, -0.25) is 9.59 Å². The highest BCUT2D eigenvalue weighted by Gasteiger charge is 2.27. The van der Waals surface area contributed by atoms with E-state index in [0.717, 1.165) is 39.9 Å². The molecule has 3 N–H and O–H groups in total. The number of hydrogen-bond donors (Lipinski definition) is 3. The van der Waals surface area contributed by atoms with Crippen molar-refractivity contribution in [1.82, 2.24) is 24.5 Å². The number of para-hydroxylation sites is 1. The summed E-state index contributed by atoms with van der Waals surface area (Å²) in [5.41, 5.74) is 5.09. The zero-order valence-corrected chi connectivity index (χ0v) is 20.0. The number of amides is 2. The molecule has 0 saturated carbocycles. The van der Waals surface area contributed by atoms with Crippen molar-refractivity contribution in [3.05, 3.63) is 91.4 Å². The van der Waals surface area contributed by atoms with E-state index in [1.807, 2.05) is 35.5 Å². The molecule has 1 atom stereocenters. The predicted molar refractivity (Wildman–Crippen MR) is 143 cm³/mol. The van der Waals surface area contributed by atoms with Crippen LogP contribution in [0.1, 0.15) is 16.8 Å². The van der Waals surface area contributed by atoms with Crippen molar-refractivity contribution in [3.8, 4) is 11.1 Å². The molecular weight excluding hydrogens is 466 g/mol. The van der Waals surface area contributed by atoms with Crippen molar-refractivity contribution < 1.29 is 9.59 Å². The van der Waals surface area contributed by atoms with Gasteiger partial charge in [0.1, 0.15) is 5.82 Å². The van der Waals surface area contributed by atoms with Crippen molar-refractivity contribution in [1.29, 1.82) is 0 Å². The molecule has 0 aliphatic carbocycles. The van der Waals surface area contributed by atoms with E-state index >= 15 is 0 Å². The van der Waals surface area contributed by atoms with Crippen LogP contribution in [0.3, 0.4) is 0 Å². The molecule has 3 aromatic heterocycles. The maximum atomic E-state index is 13.1. The number of hydrogen-bond acceptors (Lipinski definition) is 5. The summed E-state index contributed by atoms with van der Waals surface area (Å²) in [5, 5.41) is 12.0. The van der Waals surface area contributed by atoms with E-state index in [4.69, 9.17) is 5.10 Å². The molecule has 9 heteroatoms. The molecule has 0 unspecified atom stereocenters. The Morgan fingerprint density at radius 2 is 1.95 bits per heavy atom. The largest absolute Gasteiger partial charge is 0.364 e. The molecule has 184 valence electrons. The molecule has 0 spiro atoms. The van der Waals surface area contributed by atoms with Gasteiger partial charge in [-0.1, -0.05) is 24.8 Å². The Labute approximate surface area is 212 Å². The zero-order valence-electron chi connectivity index (χ0n) is 20.0. The van der Waals surface area contributed by atoms with Crippen LogP contribution in [0.5, 0.6) is 0 Å². The lowest BCUT2D eigenvalue weighted by molar-refractivity contribution is -0.111. The maximum Gasteiger partial charge on any atom is 0.253 e. The number of nitrogens with one attached hydrogen (secondary N) is 3. The van der Waals surface area contributed by atoms with Crippen molar-refractivity contribution >= 4 is 39.9 Å². The molecule has 2 aromatic carbocycles. The van der Waals surface area contributed by atoms with Crippen LogP contribution < -0.4 is 10.6 Å². The zero-order chi connectivity index (χ0) is 25.4. The summed E-state index contributed by atoms with van der Waals surface area (Å²) in [7, 11) is 0. The number of aromatic nitrogens is 4. The minimum atomic E-state index is -0.289. The lowest BCUT2D eigenvalue weighted by atomic mass is 10.1. The average Bonchev–Trinajstić information content (AvgIpc) is 3.68. The Bertz CT molecular complexity index is 1630. The number of carbonyl (C=O) groups is 2. The van der Waals surface area contributed by atoms with Gasteiger partial charge < -0.3 is 20.5 Å². The van der Waals surface area contributed by atoms with Gasteiger partial charge >= 0.3 is 0 Å². The van der Waals surface area contributed by atoms with Crippen molar-refractivity contribution in [2.24, 2.45) is 0 Å². The van der Waals surface area contributed by atoms with E-state index in [1.165, 1.54) is 6.08 Å². The van der Waals surface area contributed by atoms with Crippen LogP contribution in [0.2, 0.25) is 0 Å². The lowest BCUT2D eigenvalue weighted by Gasteiger charge is -2.18. The Morgan fingerprint density at radius 1 is 1.11 bits per heavy atom. The molecule has 1 saturated heterocycles. The second-order valence-electron chi connectivity index (χ2n) is 9.04. The number of fused-ring (bicyclic) bond motifs is 2. The third kappa shape index (κ3) is 4.31. The molecule has 9 nitrogen and oxygen atoms in total. The number of nitrogens with zero attached hydrogens (tertiary/aromatic N) is 4. The molecule has 6 rings (SSSR count). The fraction of sp³-hybridized carbons (Fsp3) is 0.143. The third-order valence-corrected chi connectivity index (χ3v) is 6.65. The molecule has 0 bridgehead atoms. The smallest absolute Gasteiger partial charge is 0.253 e. The Kier molecular flexibility index (Phi) is 5.65. The average molecular weight is 492 g/mol. The van der Waals surface area contributed by atoms with Crippen LogP contribution >= 0.6 is 0 Å². The predicted octanol–water partition coefficient (Wildman–Crippen LogP) is 4.33. The van der Waals surface area contributed by atoms with Crippen LogP contribution in [0, 0.1) is 0 Å². The summed E-state index contributed by atoms with van der Waals surface area (Å²) >= 11 is 0. The first-order valence-corrected chi connectivity index (χ1v) is 12.1. The highest BCUT2D eigenvalue weighted by Crippen LogP contribution is 2.32. The van der Waals surface area contributed by atoms with Crippen LogP contribution in [0.25, 0.3) is 27.7 Å². The normalized spacial score (nSPS) is 15.2. The summed E-state index contributed by atoms with van der Waals surface area (Å²) in [6, 6.07) is 17.2. The second-order valence-corrected chi connectivity index (χ2v) is 9.04. The molecular formula is C28H25N7O2.